The van der Waals surface area contributed by atoms with Crippen LogP contribution >= 0.6 is 0 Å². The molecule has 1 fully saturated rings. The SMILES string of the molecule is CCOC(=O)N1CCC(C(=O)NCC(=O)OC)CC1. The number of piperidine rings is 1. The standard InChI is InChI=1S/C12H20N2O5/c1-3-19-12(17)14-6-4-9(5-7-14)11(16)13-8-10(15)18-2/h9H,3-8H2,1-2H3,(H,13,16). The van der Waals surface area contributed by atoms with Gasteiger partial charge in [0.15, 0.2) is 0 Å². The number of nitrogens with one attached hydrogen (secondary N) is 1. The maximum Gasteiger partial charge on any atom is 0.409 e. The minimum Gasteiger partial charge on any atom is -0.468 e. The quantitative estimate of drug-likeness (QED) is 0.736. The molecule has 0 aromatic heterocycles. The minimum atomic E-state index is -0.475. The van der Waals surface area contributed by atoms with Crippen molar-refractivity contribution in [3.8, 4) is 0 Å². The first-order valence-corrected chi connectivity index (χ1v) is 6.34. The van der Waals surface area contributed by atoms with Gasteiger partial charge in [0.25, 0.3) is 0 Å². The number of ether oxygens (including phenoxy) is 2. The van der Waals surface area contributed by atoms with Crippen molar-refractivity contribution >= 4 is 18.0 Å². The second-order valence-electron chi connectivity index (χ2n) is 4.25. The van der Waals surface area contributed by atoms with Gasteiger partial charge in [-0.25, -0.2) is 4.79 Å². The fourth-order valence-corrected chi connectivity index (χ4v) is 1.91. The Hall–Kier alpha value is -1.79. The van der Waals surface area contributed by atoms with Gasteiger partial charge in [0.05, 0.1) is 13.7 Å². The molecule has 7 heteroatoms. The fourth-order valence-electron chi connectivity index (χ4n) is 1.91. The zero-order valence-corrected chi connectivity index (χ0v) is 11.3. The maximum atomic E-state index is 11.8. The monoisotopic (exact) mass is 272 g/mol. The van der Waals surface area contributed by atoms with Crippen LogP contribution in [0.4, 0.5) is 4.79 Å². The van der Waals surface area contributed by atoms with Crippen LogP contribution in [0, 0.1) is 5.92 Å². The third-order valence-corrected chi connectivity index (χ3v) is 3.03. The average molecular weight is 272 g/mol. The molecule has 0 atom stereocenters. The Bertz CT molecular complexity index is 337. The van der Waals surface area contributed by atoms with E-state index >= 15 is 0 Å². The third-order valence-electron chi connectivity index (χ3n) is 3.03. The molecule has 0 aromatic rings. The molecule has 0 bridgehead atoms. The van der Waals surface area contributed by atoms with E-state index in [1.54, 1.807) is 11.8 Å². The molecule has 2 amide bonds. The Morgan fingerprint density at radius 2 is 1.89 bits per heavy atom. The number of likely N-dealkylation sites (tertiary alicyclic amines) is 1. The molecule has 0 aliphatic carbocycles. The second kappa shape index (κ2) is 7.60. The number of methoxy groups -OCH3 is 1. The van der Waals surface area contributed by atoms with Crippen molar-refractivity contribution in [3.05, 3.63) is 0 Å². The number of rotatable bonds is 4. The lowest BCUT2D eigenvalue weighted by molar-refractivity contribution is -0.141. The van der Waals surface area contributed by atoms with E-state index in [0.29, 0.717) is 32.5 Å². The summed E-state index contributed by atoms with van der Waals surface area (Å²) in [5.41, 5.74) is 0. The predicted octanol–water partition coefficient (Wildman–Crippen LogP) is 0.144. The summed E-state index contributed by atoms with van der Waals surface area (Å²) in [5, 5.41) is 2.52. The number of esters is 1. The number of nitrogens with zero attached hydrogens (tertiary/aromatic N) is 1. The molecule has 1 saturated heterocycles. The van der Waals surface area contributed by atoms with Crippen LogP contribution in [0.25, 0.3) is 0 Å². The van der Waals surface area contributed by atoms with Crippen LogP contribution in [-0.4, -0.2) is 56.2 Å². The first-order valence-electron chi connectivity index (χ1n) is 6.34. The lowest BCUT2D eigenvalue weighted by Crippen LogP contribution is -2.44. The largest absolute Gasteiger partial charge is 0.468 e. The Balaban J connectivity index is 2.31. The van der Waals surface area contributed by atoms with Crippen LogP contribution in [-0.2, 0) is 19.1 Å². The summed E-state index contributed by atoms with van der Waals surface area (Å²) >= 11 is 0. The van der Waals surface area contributed by atoms with E-state index in [9.17, 15) is 14.4 Å². The fraction of sp³-hybridized carbons (Fsp3) is 0.750. The molecule has 1 aliphatic heterocycles. The Morgan fingerprint density at radius 3 is 2.42 bits per heavy atom. The van der Waals surface area contributed by atoms with Crippen LogP contribution in [0.15, 0.2) is 0 Å². The van der Waals surface area contributed by atoms with Crippen molar-refractivity contribution in [3.63, 3.8) is 0 Å². The highest BCUT2D eigenvalue weighted by molar-refractivity contribution is 5.83. The normalized spacial score (nSPS) is 15.8. The summed E-state index contributed by atoms with van der Waals surface area (Å²) in [7, 11) is 1.27. The number of amides is 2. The second-order valence-corrected chi connectivity index (χ2v) is 4.25. The molecule has 0 aromatic carbocycles. The molecular weight excluding hydrogens is 252 g/mol. The van der Waals surface area contributed by atoms with Crippen LogP contribution in [0.1, 0.15) is 19.8 Å². The van der Waals surface area contributed by atoms with Gasteiger partial charge in [-0.1, -0.05) is 0 Å². The molecule has 108 valence electrons. The molecule has 1 aliphatic rings. The first-order chi connectivity index (χ1) is 9.08. The van der Waals surface area contributed by atoms with E-state index in [0.717, 1.165) is 0 Å². The van der Waals surface area contributed by atoms with Gasteiger partial charge in [-0.3, -0.25) is 9.59 Å². The molecule has 1 N–H and O–H groups in total. The molecule has 0 spiro atoms. The summed E-state index contributed by atoms with van der Waals surface area (Å²) in [6, 6.07) is 0. The smallest absolute Gasteiger partial charge is 0.409 e. The summed E-state index contributed by atoms with van der Waals surface area (Å²) in [6.45, 7) is 2.97. The summed E-state index contributed by atoms with van der Waals surface area (Å²) in [4.78, 5) is 35.7. The van der Waals surface area contributed by atoms with Gasteiger partial charge in [0, 0.05) is 19.0 Å². The van der Waals surface area contributed by atoms with E-state index in [2.05, 4.69) is 10.1 Å². The third kappa shape index (κ3) is 4.76. The number of carbonyl (C=O) groups is 3. The van der Waals surface area contributed by atoms with Gasteiger partial charge >= 0.3 is 12.1 Å². The maximum absolute atomic E-state index is 11.8. The van der Waals surface area contributed by atoms with Crippen LogP contribution in [0.5, 0.6) is 0 Å². The van der Waals surface area contributed by atoms with E-state index in [-0.39, 0.29) is 24.5 Å². The molecule has 0 radical (unpaired) electrons. The molecular formula is C12H20N2O5. The van der Waals surface area contributed by atoms with Gasteiger partial charge in [0.2, 0.25) is 5.91 Å². The van der Waals surface area contributed by atoms with Gasteiger partial charge < -0.3 is 19.7 Å². The van der Waals surface area contributed by atoms with Crippen molar-refractivity contribution in [1.29, 1.82) is 0 Å². The highest BCUT2D eigenvalue weighted by Gasteiger charge is 2.27. The molecule has 1 heterocycles. The van der Waals surface area contributed by atoms with Crippen molar-refractivity contribution in [1.82, 2.24) is 10.2 Å². The van der Waals surface area contributed by atoms with Gasteiger partial charge in [-0.2, -0.15) is 0 Å². The Kier molecular flexibility index (Phi) is 6.11. The van der Waals surface area contributed by atoms with E-state index in [1.807, 2.05) is 0 Å². The highest BCUT2D eigenvalue weighted by atomic mass is 16.6. The summed E-state index contributed by atoms with van der Waals surface area (Å²) in [5.74, 6) is -0.818. The Morgan fingerprint density at radius 1 is 1.26 bits per heavy atom. The zero-order valence-electron chi connectivity index (χ0n) is 11.3. The molecule has 19 heavy (non-hydrogen) atoms. The van der Waals surface area contributed by atoms with Gasteiger partial charge in [0.1, 0.15) is 6.54 Å². The van der Waals surface area contributed by atoms with Crippen molar-refractivity contribution in [2.45, 2.75) is 19.8 Å². The lowest BCUT2D eigenvalue weighted by atomic mass is 9.96. The first kappa shape index (κ1) is 15.3. The van der Waals surface area contributed by atoms with E-state index in [4.69, 9.17) is 4.74 Å². The topological polar surface area (TPSA) is 84.9 Å². The van der Waals surface area contributed by atoms with Crippen molar-refractivity contribution in [2.75, 3.05) is 33.4 Å². The average Bonchev–Trinajstić information content (AvgIpc) is 2.44. The van der Waals surface area contributed by atoms with Gasteiger partial charge in [-0.15, -0.1) is 0 Å². The van der Waals surface area contributed by atoms with E-state index in [1.165, 1.54) is 7.11 Å². The number of hydrogen-bond acceptors (Lipinski definition) is 5. The predicted molar refractivity (Wildman–Crippen MR) is 66.3 cm³/mol. The Labute approximate surface area is 112 Å². The minimum absolute atomic E-state index is 0.118. The molecule has 0 unspecified atom stereocenters. The zero-order chi connectivity index (χ0) is 14.3. The molecule has 1 rings (SSSR count). The molecule has 0 saturated carbocycles. The van der Waals surface area contributed by atoms with Crippen LogP contribution in [0.3, 0.4) is 0 Å². The van der Waals surface area contributed by atoms with Gasteiger partial charge in [-0.05, 0) is 19.8 Å². The number of hydrogen-bond donors (Lipinski definition) is 1. The van der Waals surface area contributed by atoms with Crippen molar-refractivity contribution < 1.29 is 23.9 Å². The summed E-state index contributed by atoms with van der Waals surface area (Å²) < 4.78 is 9.34. The molecule has 7 nitrogen and oxygen atoms in total. The van der Waals surface area contributed by atoms with Crippen LogP contribution < -0.4 is 5.32 Å². The van der Waals surface area contributed by atoms with Crippen molar-refractivity contribution in [2.24, 2.45) is 5.92 Å². The summed E-state index contributed by atoms with van der Waals surface area (Å²) in [6.07, 6.45) is 0.813. The van der Waals surface area contributed by atoms with Crippen LogP contribution in [0.2, 0.25) is 0 Å². The number of carbonyl (C=O) groups excluding carboxylic acids is 3. The lowest BCUT2D eigenvalue weighted by Gasteiger charge is -2.30. The van der Waals surface area contributed by atoms with E-state index < -0.39 is 5.97 Å². The highest BCUT2D eigenvalue weighted by Crippen LogP contribution is 2.17.